The minimum absolute atomic E-state index is 0.149. The molecule has 0 amide bonds. The Morgan fingerprint density at radius 1 is 1.19 bits per heavy atom. The molecule has 1 heterocycles. The van der Waals surface area contributed by atoms with Crippen molar-refractivity contribution in [2.45, 2.75) is 0 Å². The topological polar surface area (TPSA) is 38.8 Å². The number of esters is 1. The van der Waals surface area contributed by atoms with Gasteiger partial charge in [0.2, 0.25) is 5.76 Å². The fourth-order valence-corrected chi connectivity index (χ4v) is 2.50. The van der Waals surface area contributed by atoms with E-state index < -0.39 is 5.97 Å². The molecular formula is C16H12BrNO3. The molecule has 0 bridgehead atoms. The molecule has 0 N–H and O–H groups in total. The van der Waals surface area contributed by atoms with Crippen LogP contribution in [0.3, 0.4) is 0 Å². The molecule has 0 radical (unpaired) electrons. The van der Waals surface area contributed by atoms with Crippen molar-refractivity contribution in [3.05, 3.63) is 65.0 Å². The van der Waals surface area contributed by atoms with Gasteiger partial charge in [0.15, 0.2) is 5.75 Å². The van der Waals surface area contributed by atoms with E-state index in [1.807, 2.05) is 53.4 Å². The van der Waals surface area contributed by atoms with Gasteiger partial charge in [-0.2, -0.15) is 0 Å². The number of hydrogen-bond donors (Lipinski definition) is 0. The third-order valence-electron chi connectivity index (χ3n) is 3.06. The van der Waals surface area contributed by atoms with Crippen LogP contribution in [-0.4, -0.2) is 13.1 Å². The number of halogens is 1. The number of methoxy groups -OCH3 is 1. The summed E-state index contributed by atoms with van der Waals surface area (Å²) in [7, 11) is 1.33. The number of benzene rings is 2. The van der Waals surface area contributed by atoms with E-state index in [0.29, 0.717) is 5.75 Å². The molecule has 1 aliphatic rings. The second-order valence-electron chi connectivity index (χ2n) is 4.40. The normalized spacial score (nSPS) is 13.0. The van der Waals surface area contributed by atoms with Crippen LogP contribution < -0.4 is 9.64 Å². The summed E-state index contributed by atoms with van der Waals surface area (Å²) in [5, 5.41) is 0. The molecule has 106 valence electrons. The number of ether oxygens (including phenoxy) is 2. The lowest BCUT2D eigenvalue weighted by Crippen LogP contribution is -2.22. The van der Waals surface area contributed by atoms with Gasteiger partial charge in [-0.3, -0.25) is 0 Å². The lowest BCUT2D eigenvalue weighted by molar-refractivity contribution is -0.138. The first kappa shape index (κ1) is 13.7. The molecule has 21 heavy (non-hydrogen) atoms. The maximum Gasteiger partial charge on any atom is 0.375 e. The monoisotopic (exact) mass is 345 g/mol. The quantitative estimate of drug-likeness (QED) is 0.771. The van der Waals surface area contributed by atoms with Crippen molar-refractivity contribution < 1.29 is 14.3 Å². The highest BCUT2D eigenvalue weighted by molar-refractivity contribution is 9.10. The predicted molar refractivity (Wildman–Crippen MR) is 83.5 cm³/mol. The summed E-state index contributed by atoms with van der Waals surface area (Å²) in [6.45, 7) is 0. The number of fused-ring (bicyclic) bond motifs is 1. The van der Waals surface area contributed by atoms with Crippen molar-refractivity contribution in [2.75, 3.05) is 12.0 Å². The lowest BCUT2D eigenvalue weighted by Gasteiger charge is -2.28. The van der Waals surface area contributed by atoms with Gasteiger partial charge >= 0.3 is 5.97 Å². The Balaban J connectivity index is 2.12. The number of anilines is 2. The van der Waals surface area contributed by atoms with Crippen LogP contribution in [0.5, 0.6) is 5.75 Å². The fraction of sp³-hybridized carbons (Fsp3) is 0.0625. The van der Waals surface area contributed by atoms with Crippen molar-refractivity contribution in [2.24, 2.45) is 0 Å². The summed E-state index contributed by atoms with van der Waals surface area (Å²) < 4.78 is 11.3. The van der Waals surface area contributed by atoms with E-state index in [-0.39, 0.29) is 5.76 Å². The van der Waals surface area contributed by atoms with Crippen LogP contribution >= 0.6 is 15.9 Å². The zero-order chi connectivity index (χ0) is 14.8. The number of carbonyl (C=O) groups is 1. The highest BCUT2D eigenvalue weighted by atomic mass is 79.9. The molecule has 0 atom stereocenters. The fourth-order valence-electron chi connectivity index (χ4n) is 2.11. The number of hydrogen-bond acceptors (Lipinski definition) is 4. The summed E-state index contributed by atoms with van der Waals surface area (Å²) in [4.78, 5) is 13.7. The Kier molecular flexibility index (Phi) is 3.66. The molecule has 2 aromatic carbocycles. The maximum atomic E-state index is 11.8. The summed E-state index contributed by atoms with van der Waals surface area (Å²) in [5.74, 6) is 0.251. The SMILES string of the molecule is COC(=O)C1=CN(c2cccc(Br)c2)c2ccccc2O1. The molecule has 0 fully saturated rings. The van der Waals surface area contributed by atoms with Crippen LogP contribution in [0.1, 0.15) is 0 Å². The molecule has 0 aromatic heterocycles. The van der Waals surface area contributed by atoms with Crippen LogP contribution in [-0.2, 0) is 9.53 Å². The second kappa shape index (κ2) is 5.61. The number of carbonyl (C=O) groups excluding carboxylic acids is 1. The van der Waals surface area contributed by atoms with E-state index in [2.05, 4.69) is 15.9 Å². The van der Waals surface area contributed by atoms with Crippen LogP contribution in [0.2, 0.25) is 0 Å². The lowest BCUT2D eigenvalue weighted by atomic mass is 10.2. The van der Waals surface area contributed by atoms with Crippen molar-refractivity contribution >= 4 is 33.3 Å². The van der Waals surface area contributed by atoms with Gasteiger partial charge in [-0.15, -0.1) is 0 Å². The van der Waals surface area contributed by atoms with Gasteiger partial charge in [-0.05, 0) is 30.3 Å². The molecule has 0 saturated carbocycles. The van der Waals surface area contributed by atoms with Gasteiger partial charge in [0.25, 0.3) is 0 Å². The highest BCUT2D eigenvalue weighted by Gasteiger charge is 2.24. The molecular weight excluding hydrogens is 334 g/mol. The summed E-state index contributed by atoms with van der Waals surface area (Å²) in [6.07, 6.45) is 1.63. The van der Waals surface area contributed by atoms with E-state index in [1.165, 1.54) is 7.11 Å². The molecule has 0 saturated heterocycles. The minimum atomic E-state index is -0.510. The molecule has 4 nitrogen and oxygen atoms in total. The zero-order valence-electron chi connectivity index (χ0n) is 11.2. The highest BCUT2D eigenvalue weighted by Crippen LogP contribution is 2.39. The van der Waals surface area contributed by atoms with Crippen molar-refractivity contribution in [3.8, 4) is 5.75 Å². The molecule has 0 spiro atoms. The van der Waals surface area contributed by atoms with Gasteiger partial charge in [-0.1, -0.05) is 34.1 Å². The molecule has 5 heteroatoms. The van der Waals surface area contributed by atoms with E-state index in [4.69, 9.17) is 9.47 Å². The Bertz CT molecular complexity index is 727. The summed E-state index contributed by atoms with van der Waals surface area (Å²) in [5.41, 5.74) is 1.78. The number of rotatable bonds is 2. The van der Waals surface area contributed by atoms with E-state index >= 15 is 0 Å². The predicted octanol–water partition coefficient (Wildman–Crippen LogP) is 3.99. The molecule has 3 rings (SSSR count). The maximum absolute atomic E-state index is 11.8. The van der Waals surface area contributed by atoms with Crippen LogP contribution in [0.4, 0.5) is 11.4 Å². The van der Waals surface area contributed by atoms with Crippen molar-refractivity contribution in [1.29, 1.82) is 0 Å². The smallest absolute Gasteiger partial charge is 0.375 e. The second-order valence-corrected chi connectivity index (χ2v) is 5.32. The number of para-hydroxylation sites is 2. The van der Waals surface area contributed by atoms with Crippen LogP contribution in [0.25, 0.3) is 0 Å². The molecule has 0 unspecified atom stereocenters. The third kappa shape index (κ3) is 2.64. The Morgan fingerprint density at radius 3 is 2.76 bits per heavy atom. The van der Waals surface area contributed by atoms with E-state index in [9.17, 15) is 4.79 Å². The Morgan fingerprint density at radius 2 is 2.00 bits per heavy atom. The van der Waals surface area contributed by atoms with Gasteiger partial charge in [0.1, 0.15) is 0 Å². The average molecular weight is 346 g/mol. The van der Waals surface area contributed by atoms with Gasteiger partial charge in [0, 0.05) is 10.2 Å². The Labute approximate surface area is 130 Å². The van der Waals surface area contributed by atoms with Crippen molar-refractivity contribution in [3.63, 3.8) is 0 Å². The molecule has 2 aromatic rings. The Hall–Kier alpha value is -2.27. The standard InChI is InChI=1S/C16H12BrNO3/c1-20-16(19)15-10-18(12-6-4-5-11(17)9-12)13-7-2-3-8-14(13)21-15/h2-10H,1H3. The minimum Gasteiger partial charge on any atom is -0.463 e. The van der Waals surface area contributed by atoms with Gasteiger partial charge in [0.05, 0.1) is 19.0 Å². The number of nitrogens with zero attached hydrogens (tertiary/aromatic N) is 1. The largest absolute Gasteiger partial charge is 0.463 e. The third-order valence-corrected chi connectivity index (χ3v) is 3.56. The van der Waals surface area contributed by atoms with Gasteiger partial charge in [-0.25, -0.2) is 4.79 Å². The van der Waals surface area contributed by atoms with Crippen LogP contribution in [0, 0.1) is 0 Å². The first-order chi connectivity index (χ1) is 10.2. The average Bonchev–Trinajstić information content (AvgIpc) is 2.53. The zero-order valence-corrected chi connectivity index (χ0v) is 12.8. The molecule has 0 aliphatic carbocycles. The first-order valence-electron chi connectivity index (χ1n) is 6.31. The van der Waals surface area contributed by atoms with E-state index in [1.54, 1.807) is 6.20 Å². The first-order valence-corrected chi connectivity index (χ1v) is 7.10. The van der Waals surface area contributed by atoms with Crippen LogP contribution in [0.15, 0.2) is 65.0 Å². The summed E-state index contributed by atoms with van der Waals surface area (Å²) >= 11 is 3.46. The summed E-state index contributed by atoms with van der Waals surface area (Å²) in [6, 6.07) is 15.3. The van der Waals surface area contributed by atoms with Crippen molar-refractivity contribution in [1.82, 2.24) is 0 Å². The molecule has 1 aliphatic heterocycles. The van der Waals surface area contributed by atoms with Gasteiger partial charge < -0.3 is 14.4 Å². The van der Waals surface area contributed by atoms with E-state index in [0.717, 1.165) is 15.8 Å².